The van der Waals surface area contributed by atoms with Crippen LogP contribution in [0.25, 0.3) is 0 Å². The van der Waals surface area contributed by atoms with Crippen LogP contribution in [0.15, 0.2) is 27.6 Å². The van der Waals surface area contributed by atoms with E-state index in [2.05, 4.69) is 20.7 Å². The fourth-order valence-electron chi connectivity index (χ4n) is 1.45. The molecule has 0 saturated carbocycles. The molecule has 0 unspecified atom stereocenters. The lowest BCUT2D eigenvalue weighted by atomic mass is 10.2. The Bertz CT molecular complexity index is 483. The zero-order chi connectivity index (χ0) is 13.1. The van der Waals surface area contributed by atoms with Crippen LogP contribution in [0, 0.1) is 6.92 Å². The summed E-state index contributed by atoms with van der Waals surface area (Å²) in [6, 6.07) is 4.53. The molecule has 0 heterocycles. The van der Waals surface area contributed by atoms with Crippen molar-refractivity contribution in [3.8, 4) is 0 Å². The molecule has 0 fully saturated rings. The first-order valence-corrected chi connectivity index (χ1v) is 7.57. The molecule has 1 atom stereocenters. The van der Waals surface area contributed by atoms with Gasteiger partial charge in [-0.2, -0.15) is 0 Å². The monoisotopic (exact) mass is 321 g/mol. The minimum absolute atomic E-state index is 0.203. The van der Waals surface area contributed by atoms with Gasteiger partial charge in [-0.25, -0.2) is 13.1 Å². The third kappa shape index (κ3) is 3.77. The van der Waals surface area contributed by atoms with Crippen LogP contribution in [0.4, 0.5) is 0 Å². The minimum Gasteiger partial charge on any atom is -0.395 e. The predicted molar refractivity (Wildman–Crippen MR) is 70.4 cm³/mol. The van der Waals surface area contributed by atoms with Crippen LogP contribution in [-0.4, -0.2) is 26.2 Å². The third-order valence-corrected chi connectivity index (χ3v) is 4.64. The van der Waals surface area contributed by atoms with Crippen molar-refractivity contribution in [1.82, 2.24) is 4.72 Å². The largest absolute Gasteiger partial charge is 0.395 e. The van der Waals surface area contributed by atoms with Gasteiger partial charge < -0.3 is 5.11 Å². The van der Waals surface area contributed by atoms with E-state index >= 15 is 0 Å². The van der Waals surface area contributed by atoms with Crippen LogP contribution in [-0.2, 0) is 10.0 Å². The molecule has 0 aromatic heterocycles. The van der Waals surface area contributed by atoms with E-state index in [4.69, 9.17) is 5.11 Å². The standard InChI is InChI=1S/C11H16BrNO3S/c1-3-10(7-14)13-17(15,16)11-5-4-9(12)6-8(11)2/h4-6,10,13-14H,3,7H2,1-2H3/t10-/m1/s1. The summed E-state index contributed by atoms with van der Waals surface area (Å²) in [4.78, 5) is 0.243. The molecule has 0 spiro atoms. The van der Waals surface area contributed by atoms with Crippen LogP contribution in [0.5, 0.6) is 0 Å². The van der Waals surface area contributed by atoms with Gasteiger partial charge in [0.1, 0.15) is 0 Å². The maximum Gasteiger partial charge on any atom is 0.241 e. The zero-order valence-corrected chi connectivity index (χ0v) is 12.2. The quantitative estimate of drug-likeness (QED) is 0.869. The van der Waals surface area contributed by atoms with Crippen molar-refractivity contribution in [3.05, 3.63) is 28.2 Å². The number of rotatable bonds is 5. The lowest BCUT2D eigenvalue weighted by molar-refractivity contribution is 0.254. The second-order valence-corrected chi connectivity index (χ2v) is 6.42. The van der Waals surface area contributed by atoms with Gasteiger partial charge >= 0.3 is 0 Å². The first-order chi connectivity index (χ1) is 7.90. The summed E-state index contributed by atoms with van der Waals surface area (Å²) in [5.74, 6) is 0. The average Bonchev–Trinajstić information content (AvgIpc) is 2.25. The highest BCUT2D eigenvalue weighted by Crippen LogP contribution is 2.20. The van der Waals surface area contributed by atoms with E-state index in [-0.39, 0.29) is 11.5 Å². The van der Waals surface area contributed by atoms with E-state index in [9.17, 15) is 8.42 Å². The highest BCUT2D eigenvalue weighted by molar-refractivity contribution is 9.10. The first kappa shape index (κ1) is 14.6. The molecule has 1 aromatic carbocycles. The Morgan fingerprint density at radius 2 is 2.12 bits per heavy atom. The molecule has 1 rings (SSSR count). The van der Waals surface area contributed by atoms with Crippen molar-refractivity contribution in [2.24, 2.45) is 0 Å². The number of hydrogen-bond acceptors (Lipinski definition) is 3. The summed E-state index contributed by atoms with van der Waals surface area (Å²) in [5, 5.41) is 9.02. The molecule has 4 nitrogen and oxygen atoms in total. The number of hydrogen-bond donors (Lipinski definition) is 2. The van der Waals surface area contributed by atoms with Crippen molar-refractivity contribution in [2.45, 2.75) is 31.2 Å². The predicted octanol–water partition coefficient (Wildman–Crippen LogP) is 1.81. The van der Waals surface area contributed by atoms with E-state index in [1.54, 1.807) is 25.1 Å². The van der Waals surface area contributed by atoms with Crippen LogP contribution >= 0.6 is 15.9 Å². The van der Waals surface area contributed by atoms with Crippen LogP contribution < -0.4 is 4.72 Å². The molecule has 0 saturated heterocycles. The molecule has 17 heavy (non-hydrogen) atoms. The molecular formula is C11H16BrNO3S. The Morgan fingerprint density at radius 3 is 2.59 bits per heavy atom. The van der Waals surface area contributed by atoms with E-state index in [1.807, 2.05) is 6.92 Å². The van der Waals surface area contributed by atoms with Crippen molar-refractivity contribution < 1.29 is 13.5 Å². The summed E-state index contributed by atoms with van der Waals surface area (Å²) < 4.78 is 27.4. The van der Waals surface area contributed by atoms with Crippen molar-refractivity contribution in [3.63, 3.8) is 0 Å². The Balaban J connectivity index is 3.05. The van der Waals surface area contributed by atoms with Gasteiger partial charge in [0.25, 0.3) is 0 Å². The molecule has 96 valence electrons. The van der Waals surface area contributed by atoms with Gasteiger partial charge in [-0.3, -0.25) is 0 Å². The van der Waals surface area contributed by atoms with Gasteiger partial charge in [-0.05, 0) is 37.1 Å². The maximum atomic E-state index is 12.1. The van der Waals surface area contributed by atoms with Gasteiger partial charge in [0.05, 0.1) is 11.5 Å². The Hall–Kier alpha value is -0.430. The Morgan fingerprint density at radius 1 is 1.47 bits per heavy atom. The van der Waals surface area contributed by atoms with Crippen molar-refractivity contribution in [2.75, 3.05) is 6.61 Å². The molecule has 0 aliphatic carbocycles. The molecule has 0 aliphatic heterocycles. The van der Waals surface area contributed by atoms with Gasteiger partial charge in [0, 0.05) is 10.5 Å². The third-order valence-electron chi connectivity index (χ3n) is 2.46. The summed E-state index contributed by atoms with van der Waals surface area (Å²) >= 11 is 3.29. The molecule has 1 aromatic rings. The highest BCUT2D eigenvalue weighted by atomic mass is 79.9. The van der Waals surface area contributed by atoms with Crippen molar-refractivity contribution >= 4 is 26.0 Å². The lowest BCUT2D eigenvalue weighted by Gasteiger charge is -2.15. The number of aryl methyl sites for hydroxylation is 1. The van der Waals surface area contributed by atoms with Crippen molar-refractivity contribution in [1.29, 1.82) is 0 Å². The molecule has 0 amide bonds. The van der Waals surface area contributed by atoms with E-state index in [0.717, 1.165) is 4.47 Å². The van der Waals surface area contributed by atoms with Gasteiger partial charge in [-0.15, -0.1) is 0 Å². The molecule has 0 aliphatic rings. The van der Waals surface area contributed by atoms with E-state index in [0.29, 0.717) is 12.0 Å². The lowest BCUT2D eigenvalue weighted by Crippen LogP contribution is -2.37. The second-order valence-electron chi connectivity index (χ2n) is 3.82. The number of aliphatic hydroxyl groups excluding tert-OH is 1. The first-order valence-electron chi connectivity index (χ1n) is 5.30. The average molecular weight is 322 g/mol. The molecule has 0 radical (unpaired) electrons. The number of sulfonamides is 1. The van der Waals surface area contributed by atoms with Gasteiger partial charge in [0.15, 0.2) is 0 Å². The Labute approximate surface area is 110 Å². The second kappa shape index (κ2) is 5.95. The van der Waals surface area contributed by atoms with E-state index < -0.39 is 16.1 Å². The Kier molecular flexibility index (Phi) is 5.12. The topological polar surface area (TPSA) is 66.4 Å². The van der Waals surface area contributed by atoms with Crippen LogP contribution in [0.3, 0.4) is 0 Å². The van der Waals surface area contributed by atoms with Gasteiger partial charge in [-0.1, -0.05) is 22.9 Å². The fourth-order valence-corrected chi connectivity index (χ4v) is 3.46. The SMILES string of the molecule is CC[C@H](CO)NS(=O)(=O)c1ccc(Br)cc1C. The van der Waals surface area contributed by atoms with Crippen LogP contribution in [0.2, 0.25) is 0 Å². The normalized spacial score (nSPS) is 13.6. The molecule has 6 heteroatoms. The smallest absolute Gasteiger partial charge is 0.241 e. The summed E-state index contributed by atoms with van der Waals surface area (Å²) in [7, 11) is -3.56. The molecular weight excluding hydrogens is 306 g/mol. The number of aliphatic hydroxyl groups is 1. The summed E-state index contributed by atoms with van der Waals surface area (Å²) in [5.41, 5.74) is 0.666. The highest BCUT2D eigenvalue weighted by Gasteiger charge is 2.20. The number of benzene rings is 1. The van der Waals surface area contributed by atoms with Gasteiger partial charge in [0.2, 0.25) is 10.0 Å². The maximum absolute atomic E-state index is 12.1. The summed E-state index contributed by atoms with van der Waals surface area (Å²) in [6.45, 7) is 3.35. The summed E-state index contributed by atoms with van der Waals surface area (Å²) in [6.07, 6.45) is 0.547. The zero-order valence-electron chi connectivity index (χ0n) is 9.77. The van der Waals surface area contributed by atoms with Crippen LogP contribution in [0.1, 0.15) is 18.9 Å². The molecule has 0 bridgehead atoms. The minimum atomic E-state index is -3.56. The number of nitrogens with one attached hydrogen (secondary N) is 1. The number of halogens is 1. The molecule has 2 N–H and O–H groups in total. The fraction of sp³-hybridized carbons (Fsp3) is 0.455. The van der Waals surface area contributed by atoms with E-state index in [1.165, 1.54) is 0 Å².